The van der Waals surface area contributed by atoms with Crippen molar-refractivity contribution < 1.29 is 91.2 Å². The molecule has 0 spiro atoms. The second kappa shape index (κ2) is 13.2. The summed E-state index contributed by atoms with van der Waals surface area (Å²) in [5, 5.41) is 0. The smallest absolute Gasteiger partial charge is 1.00 e. The van der Waals surface area contributed by atoms with E-state index >= 15 is 0 Å². The molecule has 0 saturated heterocycles. The Labute approximate surface area is 205 Å². The van der Waals surface area contributed by atoms with Crippen molar-refractivity contribution in [1.82, 2.24) is 9.80 Å². The Morgan fingerprint density at radius 3 is 0.808 bits per heavy atom. The topological polar surface area (TPSA) is 237 Å². The van der Waals surface area contributed by atoms with Crippen molar-refractivity contribution >= 4 is 68.1 Å². The van der Waals surface area contributed by atoms with E-state index in [0.717, 1.165) is 0 Å². The number of hydrogen-bond acceptors (Lipinski definition) is 6. The van der Waals surface area contributed by atoms with Gasteiger partial charge in [-0.05, 0) is 0 Å². The summed E-state index contributed by atoms with van der Waals surface area (Å²) in [5.74, 6) is 0. The molecule has 14 nitrogen and oxygen atoms in total. The first kappa shape index (κ1) is 33.4. The number of hydrogen-bond donors (Lipinski definition) is 8. The van der Waals surface area contributed by atoms with Gasteiger partial charge < -0.3 is 43.4 Å². The summed E-state index contributed by atoms with van der Waals surface area (Å²) in [6.07, 6.45) is -4.18. The molecule has 0 rings (SSSR count). The van der Waals surface area contributed by atoms with E-state index in [1.54, 1.807) is 0 Å². The Morgan fingerprint density at radius 1 is 0.538 bits per heavy atom. The number of rotatable bonds is 11. The zero-order valence-corrected chi connectivity index (χ0v) is 21.6. The Balaban J connectivity index is -0.000000264. The predicted octanol–water partition coefficient (Wildman–Crippen LogP) is -4.91. The summed E-state index contributed by atoms with van der Waals surface area (Å²) in [7, 11) is -18.8. The summed E-state index contributed by atoms with van der Waals surface area (Å²) < 4.78 is 43.9. The molecule has 0 bridgehead atoms. The standard InChI is InChI=1S/C6H20N2O12P4.Ca.Na.3H/c9-21(10,11)3-7(4-22(12,13)14)1-2-8(5-23(15,16)17)6-24(18,19)20;;;;;/h1-6H2,(H2,9,10,11)(H2,12,13,14)(H2,15,16,17)(H2,18,19,20);;;;;/q;+2;+1;3*-1. The molecule has 8 N–H and O–H groups in total. The molecule has 0 aliphatic carbocycles. The maximum atomic E-state index is 11.0. The van der Waals surface area contributed by atoms with Crippen LogP contribution in [0.3, 0.4) is 0 Å². The first-order chi connectivity index (χ1) is 10.4. The molecule has 0 aromatic heterocycles. The molecule has 0 aliphatic heterocycles. The van der Waals surface area contributed by atoms with Crippen LogP contribution in [0.25, 0.3) is 0 Å². The van der Waals surface area contributed by atoms with Crippen molar-refractivity contribution in [3.63, 3.8) is 0 Å². The molecule has 0 aromatic rings. The first-order valence-electron chi connectivity index (χ1n) is 5.99. The van der Waals surface area contributed by atoms with Crippen LogP contribution in [0, 0.1) is 0 Å². The normalized spacial score (nSPS) is 13.5. The van der Waals surface area contributed by atoms with Gasteiger partial charge in [0.15, 0.2) is 0 Å². The van der Waals surface area contributed by atoms with Crippen LogP contribution in [0.15, 0.2) is 0 Å². The maximum absolute atomic E-state index is 11.0. The van der Waals surface area contributed by atoms with Crippen molar-refractivity contribution in [1.29, 1.82) is 0 Å². The average Bonchev–Trinajstić information content (AvgIpc) is 2.16. The molecule has 0 saturated carbocycles. The van der Waals surface area contributed by atoms with Gasteiger partial charge in [0, 0.05) is 13.1 Å². The fraction of sp³-hybridized carbons (Fsp3) is 1.00. The van der Waals surface area contributed by atoms with E-state index < -0.39 is 68.6 Å². The molecular formula is C6H23CaN2NaO12P4. The second-order valence-electron chi connectivity index (χ2n) is 5.01. The zero-order valence-electron chi connectivity index (χ0n) is 16.8. The maximum Gasteiger partial charge on any atom is 2.00 e. The molecule has 0 heterocycles. The van der Waals surface area contributed by atoms with E-state index in [2.05, 4.69) is 0 Å². The van der Waals surface area contributed by atoms with E-state index in [1.807, 2.05) is 0 Å². The van der Waals surface area contributed by atoms with Crippen molar-refractivity contribution in [3.8, 4) is 0 Å². The van der Waals surface area contributed by atoms with E-state index in [4.69, 9.17) is 39.1 Å². The molecule has 26 heavy (non-hydrogen) atoms. The van der Waals surface area contributed by atoms with E-state index in [0.29, 0.717) is 9.80 Å². The van der Waals surface area contributed by atoms with Gasteiger partial charge in [-0.1, -0.05) is 0 Å². The van der Waals surface area contributed by atoms with Crippen LogP contribution in [0.5, 0.6) is 0 Å². The van der Waals surface area contributed by atoms with Gasteiger partial charge in [-0.15, -0.1) is 0 Å². The molecule has 0 atom stereocenters. The summed E-state index contributed by atoms with van der Waals surface area (Å²) in [4.78, 5) is 72.3. The van der Waals surface area contributed by atoms with Crippen LogP contribution in [-0.2, 0) is 18.3 Å². The third-order valence-corrected chi connectivity index (χ3v) is 5.34. The van der Waals surface area contributed by atoms with Gasteiger partial charge in [0.2, 0.25) is 0 Å². The van der Waals surface area contributed by atoms with Crippen molar-refractivity contribution in [2.75, 3.05) is 38.2 Å². The Hall–Kier alpha value is 2.78. The molecule has 0 aromatic carbocycles. The van der Waals surface area contributed by atoms with Crippen molar-refractivity contribution in [3.05, 3.63) is 0 Å². The fourth-order valence-electron chi connectivity index (χ4n) is 1.70. The second-order valence-corrected chi connectivity index (χ2v) is 11.5. The zero-order chi connectivity index (χ0) is 19.4. The van der Waals surface area contributed by atoms with Gasteiger partial charge >= 0.3 is 97.7 Å². The van der Waals surface area contributed by atoms with Gasteiger partial charge in [-0.2, -0.15) is 0 Å². The molecule has 20 heteroatoms. The quantitative estimate of drug-likeness (QED) is 0.0977. The minimum atomic E-state index is -4.69. The molecule has 152 valence electrons. The largest absolute Gasteiger partial charge is 2.00 e. The van der Waals surface area contributed by atoms with Gasteiger partial charge in [0.25, 0.3) is 0 Å². The molecule has 0 fully saturated rings. The fourth-order valence-corrected chi connectivity index (χ4v) is 5.06. The van der Waals surface area contributed by atoms with Crippen molar-refractivity contribution in [2.45, 2.75) is 0 Å². The molecule has 0 aliphatic rings. The SMILES string of the molecule is O=P(O)(O)CN(CCN(CP(=O)(O)O)CP(=O)(O)O)CP(=O)(O)O.[Ca+2].[H-].[H-].[H-].[Na+]. The van der Waals surface area contributed by atoms with E-state index in [1.165, 1.54) is 0 Å². The van der Waals surface area contributed by atoms with E-state index in [-0.39, 0.29) is 71.6 Å². The van der Waals surface area contributed by atoms with Crippen LogP contribution >= 0.6 is 30.4 Å². The summed E-state index contributed by atoms with van der Waals surface area (Å²) in [5.41, 5.74) is 0. The average molecular weight is 502 g/mol. The van der Waals surface area contributed by atoms with Gasteiger partial charge in [-0.25, -0.2) is 0 Å². The Bertz CT molecular complexity index is 512. The van der Waals surface area contributed by atoms with Crippen LogP contribution in [0.1, 0.15) is 4.28 Å². The van der Waals surface area contributed by atoms with Crippen LogP contribution in [0.4, 0.5) is 0 Å². The molecular weight excluding hydrogens is 479 g/mol. The third kappa shape index (κ3) is 23.1. The summed E-state index contributed by atoms with van der Waals surface area (Å²) >= 11 is 0. The van der Waals surface area contributed by atoms with Gasteiger partial charge in [-0.3, -0.25) is 28.1 Å². The minimum Gasteiger partial charge on any atom is -1.00 e. The van der Waals surface area contributed by atoms with Gasteiger partial charge in [0.1, 0.15) is 25.1 Å². The number of nitrogens with zero attached hydrogens (tertiary/aromatic N) is 2. The minimum absolute atomic E-state index is 0. The van der Waals surface area contributed by atoms with E-state index in [9.17, 15) is 18.3 Å². The van der Waals surface area contributed by atoms with Crippen LogP contribution < -0.4 is 29.6 Å². The van der Waals surface area contributed by atoms with Crippen LogP contribution in [-0.4, -0.2) is 125 Å². The van der Waals surface area contributed by atoms with Gasteiger partial charge in [0.05, 0.1) is 0 Å². The Kier molecular flexibility index (Phi) is 17.0. The third-order valence-electron chi connectivity index (χ3n) is 2.27. The predicted molar refractivity (Wildman–Crippen MR) is 90.1 cm³/mol. The van der Waals surface area contributed by atoms with Crippen molar-refractivity contribution in [2.24, 2.45) is 0 Å². The summed E-state index contributed by atoms with van der Waals surface area (Å²) in [6, 6.07) is 0. The summed E-state index contributed by atoms with van der Waals surface area (Å²) in [6.45, 7) is -1.01. The van der Waals surface area contributed by atoms with Crippen LogP contribution in [0.2, 0.25) is 0 Å². The molecule has 0 unspecified atom stereocenters. The molecule has 0 radical (unpaired) electrons. The molecule has 0 amide bonds. The monoisotopic (exact) mass is 502 g/mol. The first-order valence-corrected chi connectivity index (χ1v) is 13.2. The Morgan fingerprint density at radius 2 is 0.692 bits per heavy atom.